The number of piperazine rings is 1. The second-order valence-corrected chi connectivity index (χ2v) is 6.56. The smallest absolute Gasteiger partial charge is 0.247 e. The molecular weight excluding hydrogens is 328 g/mol. The lowest BCUT2D eigenvalue weighted by Gasteiger charge is -2.36. The van der Waals surface area contributed by atoms with Crippen molar-refractivity contribution in [3.05, 3.63) is 30.5 Å². The molecule has 2 heterocycles. The number of aromatic nitrogens is 3. The Bertz CT molecular complexity index is 685. The molecule has 1 aliphatic heterocycles. The van der Waals surface area contributed by atoms with Gasteiger partial charge in [-0.3, -0.25) is 0 Å². The molecule has 0 bridgehead atoms. The number of methoxy groups -OCH3 is 1. The van der Waals surface area contributed by atoms with Crippen molar-refractivity contribution >= 4 is 17.5 Å². The van der Waals surface area contributed by atoms with E-state index >= 15 is 0 Å². The number of hydrogen-bond donors (Lipinski definition) is 0. The Morgan fingerprint density at radius 1 is 1.08 bits per heavy atom. The highest BCUT2D eigenvalue weighted by Gasteiger charge is 2.19. The molecule has 0 radical (unpaired) electrons. The van der Waals surface area contributed by atoms with Crippen LogP contribution >= 0.6 is 0 Å². The standard InChI is InChI=1S/C19H28N6O/c1-4-5-10-23(2)19-21-18(15-20-22-19)25-13-11-24(12-14-25)16-6-8-17(26-3)9-7-16/h6-9,15H,4-5,10-14H2,1-3H3. The van der Waals surface area contributed by atoms with Crippen molar-refractivity contribution in [3.63, 3.8) is 0 Å². The first-order valence-corrected chi connectivity index (χ1v) is 9.26. The summed E-state index contributed by atoms with van der Waals surface area (Å²) >= 11 is 0. The molecule has 1 fully saturated rings. The van der Waals surface area contributed by atoms with E-state index in [1.54, 1.807) is 13.3 Å². The van der Waals surface area contributed by atoms with Crippen molar-refractivity contribution < 1.29 is 4.74 Å². The van der Waals surface area contributed by atoms with E-state index in [1.807, 2.05) is 19.2 Å². The van der Waals surface area contributed by atoms with Crippen molar-refractivity contribution in [2.45, 2.75) is 19.8 Å². The maximum Gasteiger partial charge on any atom is 0.247 e. The van der Waals surface area contributed by atoms with Gasteiger partial charge in [0.05, 0.1) is 13.3 Å². The molecule has 1 aliphatic rings. The zero-order valence-corrected chi connectivity index (χ0v) is 15.9. The quantitative estimate of drug-likeness (QED) is 0.755. The summed E-state index contributed by atoms with van der Waals surface area (Å²) in [7, 11) is 3.72. The molecule has 7 nitrogen and oxygen atoms in total. The maximum absolute atomic E-state index is 5.23. The molecule has 0 amide bonds. The Labute approximate surface area is 155 Å². The molecule has 0 spiro atoms. The third-order valence-electron chi connectivity index (χ3n) is 4.76. The Hall–Kier alpha value is -2.57. The van der Waals surface area contributed by atoms with Crippen LogP contribution in [0.25, 0.3) is 0 Å². The van der Waals surface area contributed by atoms with Crippen LogP contribution in [0.4, 0.5) is 17.5 Å². The molecule has 2 aromatic rings. The van der Waals surface area contributed by atoms with Crippen LogP contribution in [0.3, 0.4) is 0 Å². The number of hydrogen-bond acceptors (Lipinski definition) is 7. The molecule has 1 saturated heterocycles. The van der Waals surface area contributed by atoms with E-state index in [9.17, 15) is 0 Å². The van der Waals surface area contributed by atoms with E-state index in [2.05, 4.69) is 44.0 Å². The fraction of sp³-hybridized carbons (Fsp3) is 0.526. The molecular formula is C19H28N6O. The number of anilines is 3. The van der Waals surface area contributed by atoms with Crippen LogP contribution in [0.2, 0.25) is 0 Å². The minimum absolute atomic E-state index is 0.702. The summed E-state index contributed by atoms with van der Waals surface area (Å²) in [6.07, 6.45) is 4.05. The van der Waals surface area contributed by atoms with Gasteiger partial charge in [0, 0.05) is 45.5 Å². The lowest BCUT2D eigenvalue weighted by Crippen LogP contribution is -2.47. The minimum atomic E-state index is 0.702. The first-order chi connectivity index (χ1) is 12.7. The van der Waals surface area contributed by atoms with E-state index in [-0.39, 0.29) is 0 Å². The van der Waals surface area contributed by atoms with Gasteiger partial charge in [0.1, 0.15) is 5.75 Å². The first kappa shape index (κ1) is 18.2. The molecule has 0 saturated carbocycles. The van der Waals surface area contributed by atoms with Crippen molar-refractivity contribution in [1.29, 1.82) is 0 Å². The Kier molecular flexibility index (Phi) is 6.09. The molecule has 140 valence electrons. The largest absolute Gasteiger partial charge is 0.497 e. The van der Waals surface area contributed by atoms with Gasteiger partial charge in [-0.25, -0.2) is 0 Å². The molecule has 0 aliphatic carbocycles. The second kappa shape index (κ2) is 8.69. The van der Waals surface area contributed by atoms with E-state index in [4.69, 9.17) is 9.72 Å². The number of nitrogens with zero attached hydrogens (tertiary/aromatic N) is 6. The summed E-state index contributed by atoms with van der Waals surface area (Å²) < 4.78 is 5.23. The van der Waals surface area contributed by atoms with E-state index in [0.29, 0.717) is 5.95 Å². The summed E-state index contributed by atoms with van der Waals surface area (Å²) in [5.74, 6) is 2.50. The topological polar surface area (TPSA) is 57.6 Å². The van der Waals surface area contributed by atoms with Gasteiger partial charge in [0.25, 0.3) is 0 Å². The van der Waals surface area contributed by atoms with E-state index in [0.717, 1.165) is 57.1 Å². The number of unbranched alkanes of at least 4 members (excludes halogenated alkanes) is 1. The van der Waals surface area contributed by atoms with Crippen molar-refractivity contribution in [2.24, 2.45) is 0 Å². The van der Waals surface area contributed by atoms with Crippen molar-refractivity contribution in [1.82, 2.24) is 15.2 Å². The van der Waals surface area contributed by atoms with Crippen LogP contribution in [0, 0.1) is 0 Å². The zero-order chi connectivity index (χ0) is 18.4. The third-order valence-corrected chi connectivity index (χ3v) is 4.76. The average Bonchev–Trinajstić information content (AvgIpc) is 2.72. The fourth-order valence-electron chi connectivity index (χ4n) is 3.08. The molecule has 0 atom stereocenters. The maximum atomic E-state index is 5.23. The average molecular weight is 356 g/mol. The first-order valence-electron chi connectivity index (χ1n) is 9.26. The Balaban J connectivity index is 1.60. The molecule has 1 aromatic heterocycles. The fourth-order valence-corrected chi connectivity index (χ4v) is 3.08. The molecule has 0 N–H and O–H groups in total. The van der Waals surface area contributed by atoms with Crippen molar-refractivity contribution in [2.75, 3.05) is 61.6 Å². The zero-order valence-electron chi connectivity index (χ0n) is 15.9. The lowest BCUT2D eigenvalue weighted by atomic mass is 10.2. The molecule has 1 aromatic carbocycles. The summed E-state index contributed by atoms with van der Waals surface area (Å²) in [5, 5.41) is 8.34. The Morgan fingerprint density at radius 2 is 1.77 bits per heavy atom. The van der Waals surface area contributed by atoms with Crippen LogP contribution < -0.4 is 19.4 Å². The minimum Gasteiger partial charge on any atom is -0.497 e. The highest BCUT2D eigenvalue weighted by atomic mass is 16.5. The van der Waals surface area contributed by atoms with Gasteiger partial charge in [-0.1, -0.05) is 13.3 Å². The van der Waals surface area contributed by atoms with Gasteiger partial charge in [-0.05, 0) is 30.7 Å². The highest BCUT2D eigenvalue weighted by molar-refractivity contribution is 5.51. The molecule has 26 heavy (non-hydrogen) atoms. The van der Waals surface area contributed by atoms with Gasteiger partial charge in [0.2, 0.25) is 5.95 Å². The van der Waals surface area contributed by atoms with Crippen molar-refractivity contribution in [3.8, 4) is 5.75 Å². The third kappa shape index (κ3) is 4.33. The summed E-state index contributed by atoms with van der Waals surface area (Å²) in [6.45, 7) is 6.89. The predicted molar refractivity (Wildman–Crippen MR) is 105 cm³/mol. The van der Waals surface area contributed by atoms with Gasteiger partial charge >= 0.3 is 0 Å². The van der Waals surface area contributed by atoms with Crippen LogP contribution in [0.1, 0.15) is 19.8 Å². The molecule has 7 heteroatoms. The van der Waals surface area contributed by atoms with Gasteiger partial charge in [0.15, 0.2) is 5.82 Å². The molecule has 0 unspecified atom stereocenters. The van der Waals surface area contributed by atoms with Crippen LogP contribution in [0.5, 0.6) is 5.75 Å². The van der Waals surface area contributed by atoms with Crippen LogP contribution in [-0.2, 0) is 0 Å². The van der Waals surface area contributed by atoms with Gasteiger partial charge in [-0.15, -0.1) is 5.10 Å². The van der Waals surface area contributed by atoms with Gasteiger partial charge < -0.3 is 19.4 Å². The summed E-state index contributed by atoms with van der Waals surface area (Å²) in [4.78, 5) is 11.5. The normalized spacial score (nSPS) is 14.4. The monoisotopic (exact) mass is 356 g/mol. The molecule has 3 rings (SSSR count). The van der Waals surface area contributed by atoms with E-state index < -0.39 is 0 Å². The predicted octanol–water partition coefficient (Wildman–Crippen LogP) is 2.44. The number of rotatable bonds is 7. The Morgan fingerprint density at radius 3 is 2.42 bits per heavy atom. The SMILES string of the molecule is CCCCN(C)c1nncc(N2CCN(c3ccc(OC)cc3)CC2)n1. The van der Waals surface area contributed by atoms with E-state index in [1.165, 1.54) is 5.69 Å². The summed E-state index contributed by atoms with van der Waals surface area (Å²) in [5.41, 5.74) is 1.23. The lowest BCUT2D eigenvalue weighted by molar-refractivity contribution is 0.415. The van der Waals surface area contributed by atoms with Gasteiger partial charge in [-0.2, -0.15) is 10.1 Å². The van der Waals surface area contributed by atoms with Crippen LogP contribution in [-0.4, -0.2) is 62.1 Å². The highest BCUT2D eigenvalue weighted by Crippen LogP contribution is 2.22. The number of ether oxygens (including phenoxy) is 1. The number of benzene rings is 1. The second-order valence-electron chi connectivity index (χ2n) is 6.56. The summed E-state index contributed by atoms with van der Waals surface area (Å²) in [6, 6.07) is 8.24. The van der Waals surface area contributed by atoms with Crippen LogP contribution in [0.15, 0.2) is 30.5 Å².